The fourth-order valence-corrected chi connectivity index (χ4v) is 2.05. The molecule has 3 nitrogen and oxygen atoms in total. The smallest absolute Gasteiger partial charge is 0.123 e. The number of hydrogen-bond acceptors (Lipinski definition) is 3. The van der Waals surface area contributed by atoms with Crippen LogP contribution in [0.2, 0.25) is 0 Å². The lowest BCUT2D eigenvalue weighted by atomic mass is 9.89. The molecule has 0 amide bonds. The van der Waals surface area contributed by atoms with Gasteiger partial charge >= 0.3 is 0 Å². The minimum Gasteiger partial charge on any atom is -0.496 e. The minimum absolute atomic E-state index is 0.243. The maximum atomic E-state index is 5.39. The molecule has 0 heterocycles. The molecule has 0 bridgehead atoms. The lowest BCUT2D eigenvalue weighted by Crippen LogP contribution is -2.30. The Labute approximate surface area is 117 Å². The first-order chi connectivity index (χ1) is 8.98. The van der Waals surface area contributed by atoms with Crippen LogP contribution in [-0.4, -0.2) is 27.4 Å². The Balaban J connectivity index is 2.50. The molecule has 0 saturated carbocycles. The van der Waals surface area contributed by atoms with E-state index < -0.39 is 0 Å². The summed E-state index contributed by atoms with van der Waals surface area (Å²) >= 11 is 0. The first kappa shape index (κ1) is 16.0. The van der Waals surface area contributed by atoms with Gasteiger partial charge in [0.1, 0.15) is 5.75 Å². The molecule has 3 heteroatoms. The summed E-state index contributed by atoms with van der Waals surface area (Å²) in [5.41, 5.74) is 2.72. The van der Waals surface area contributed by atoms with Gasteiger partial charge in [0, 0.05) is 32.4 Å². The molecule has 0 spiro atoms. The Bertz CT molecular complexity index is 388. The zero-order chi connectivity index (χ0) is 14.3. The van der Waals surface area contributed by atoms with E-state index in [-0.39, 0.29) is 5.41 Å². The molecule has 108 valence electrons. The van der Waals surface area contributed by atoms with Crippen LogP contribution in [0.1, 0.15) is 31.4 Å². The number of ether oxygens (including phenoxy) is 2. The van der Waals surface area contributed by atoms with Crippen molar-refractivity contribution in [3.05, 3.63) is 29.3 Å². The monoisotopic (exact) mass is 265 g/mol. The average molecular weight is 265 g/mol. The fraction of sp³-hybridized carbons (Fsp3) is 0.625. The van der Waals surface area contributed by atoms with E-state index in [1.807, 2.05) is 6.07 Å². The van der Waals surface area contributed by atoms with Crippen molar-refractivity contribution in [3.8, 4) is 5.75 Å². The largest absolute Gasteiger partial charge is 0.496 e. The maximum Gasteiger partial charge on any atom is 0.123 e. The molecule has 19 heavy (non-hydrogen) atoms. The zero-order valence-electron chi connectivity index (χ0n) is 12.9. The molecular formula is C16H27NO2. The van der Waals surface area contributed by atoms with Crippen molar-refractivity contribution in [2.45, 2.75) is 33.7 Å². The molecule has 0 aliphatic rings. The van der Waals surface area contributed by atoms with Crippen molar-refractivity contribution in [3.63, 3.8) is 0 Å². The molecule has 0 fully saturated rings. The molecule has 1 aromatic carbocycles. The molecule has 1 rings (SSSR count). The van der Waals surface area contributed by atoms with E-state index in [2.05, 4.69) is 38.2 Å². The second-order valence-corrected chi connectivity index (χ2v) is 5.83. The van der Waals surface area contributed by atoms with Gasteiger partial charge in [-0.3, -0.25) is 0 Å². The third-order valence-corrected chi connectivity index (χ3v) is 3.34. The van der Waals surface area contributed by atoms with Gasteiger partial charge in [0.2, 0.25) is 0 Å². The normalized spacial score (nSPS) is 11.6. The highest BCUT2D eigenvalue weighted by Gasteiger charge is 2.17. The van der Waals surface area contributed by atoms with E-state index in [1.165, 1.54) is 11.1 Å². The maximum absolute atomic E-state index is 5.39. The predicted octanol–water partition coefficient (Wildman–Crippen LogP) is 3.16. The second-order valence-electron chi connectivity index (χ2n) is 5.83. The first-order valence-corrected chi connectivity index (χ1v) is 6.82. The van der Waals surface area contributed by atoms with Gasteiger partial charge in [-0.15, -0.1) is 0 Å². The summed E-state index contributed by atoms with van der Waals surface area (Å²) in [6.07, 6.45) is 1.06. The highest BCUT2D eigenvalue weighted by Crippen LogP contribution is 2.21. The summed E-state index contributed by atoms with van der Waals surface area (Å²) in [5, 5.41) is 3.52. The quantitative estimate of drug-likeness (QED) is 0.783. The van der Waals surface area contributed by atoms with Gasteiger partial charge in [-0.2, -0.15) is 0 Å². The van der Waals surface area contributed by atoms with Crippen LogP contribution in [0.15, 0.2) is 18.2 Å². The number of benzene rings is 1. The molecule has 0 saturated heterocycles. The molecule has 0 atom stereocenters. The summed E-state index contributed by atoms with van der Waals surface area (Å²) in [4.78, 5) is 0. The third kappa shape index (κ3) is 5.62. The van der Waals surface area contributed by atoms with Gasteiger partial charge in [0.25, 0.3) is 0 Å². The van der Waals surface area contributed by atoms with E-state index >= 15 is 0 Å². The molecular weight excluding hydrogens is 238 g/mol. The lowest BCUT2D eigenvalue weighted by molar-refractivity contribution is 0.150. The Morgan fingerprint density at radius 1 is 1.21 bits per heavy atom. The molecule has 1 N–H and O–H groups in total. The third-order valence-electron chi connectivity index (χ3n) is 3.34. The molecule has 0 unspecified atom stereocenters. The average Bonchev–Trinajstić information content (AvgIpc) is 2.36. The van der Waals surface area contributed by atoms with Gasteiger partial charge in [0.05, 0.1) is 7.11 Å². The summed E-state index contributed by atoms with van der Waals surface area (Å²) in [7, 11) is 3.47. The molecule has 0 aromatic heterocycles. The topological polar surface area (TPSA) is 30.5 Å². The van der Waals surface area contributed by atoms with Gasteiger partial charge in [-0.05, 0) is 24.8 Å². The van der Waals surface area contributed by atoms with Crippen LogP contribution < -0.4 is 10.1 Å². The van der Waals surface area contributed by atoms with Crippen LogP contribution in [-0.2, 0) is 11.3 Å². The van der Waals surface area contributed by atoms with Crippen LogP contribution in [0.3, 0.4) is 0 Å². The summed E-state index contributed by atoms with van der Waals surface area (Å²) in [5.74, 6) is 0.952. The zero-order valence-corrected chi connectivity index (χ0v) is 12.9. The van der Waals surface area contributed by atoms with Crippen molar-refractivity contribution in [1.29, 1.82) is 0 Å². The van der Waals surface area contributed by atoms with E-state index in [0.29, 0.717) is 0 Å². The van der Waals surface area contributed by atoms with Crippen molar-refractivity contribution in [2.24, 2.45) is 5.41 Å². The summed E-state index contributed by atoms with van der Waals surface area (Å²) in [6.45, 7) is 9.22. The number of methoxy groups -OCH3 is 2. The molecule has 0 aliphatic carbocycles. The highest BCUT2D eigenvalue weighted by atomic mass is 16.5. The Hall–Kier alpha value is -1.06. The first-order valence-electron chi connectivity index (χ1n) is 6.82. The number of aryl methyl sites for hydroxylation is 1. The van der Waals surface area contributed by atoms with Crippen LogP contribution in [0.25, 0.3) is 0 Å². The minimum atomic E-state index is 0.243. The molecule has 0 radical (unpaired) electrons. The van der Waals surface area contributed by atoms with Crippen LogP contribution in [0.4, 0.5) is 0 Å². The van der Waals surface area contributed by atoms with Crippen molar-refractivity contribution >= 4 is 0 Å². The number of nitrogens with one attached hydrogen (secondary N) is 1. The second kappa shape index (κ2) is 7.51. The Morgan fingerprint density at radius 3 is 2.58 bits per heavy atom. The van der Waals surface area contributed by atoms with Crippen molar-refractivity contribution in [2.75, 3.05) is 27.4 Å². The summed E-state index contributed by atoms with van der Waals surface area (Å²) < 4.78 is 10.5. The molecule has 1 aromatic rings. The van der Waals surface area contributed by atoms with Crippen molar-refractivity contribution < 1.29 is 9.47 Å². The Kier molecular flexibility index (Phi) is 6.32. The van der Waals surface area contributed by atoms with Crippen LogP contribution in [0, 0.1) is 12.3 Å². The van der Waals surface area contributed by atoms with E-state index in [4.69, 9.17) is 9.47 Å². The van der Waals surface area contributed by atoms with Gasteiger partial charge in [-0.25, -0.2) is 0 Å². The van der Waals surface area contributed by atoms with E-state index in [1.54, 1.807) is 14.2 Å². The van der Waals surface area contributed by atoms with Gasteiger partial charge in [-0.1, -0.05) is 31.5 Å². The SMILES string of the molecule is COCCC(C)(C)CNCc1cc(C)ccc1OC. The van der Waals surface area contributed by atoms with Crippen molar-refractivity contribution in [1.82, 2.24) is 5.32 Å². The van der Waals surface area contributed by atoms with E-state index in [9.17, 15) is 0 Å². The van der Waals surface area contributed by atoms with Gasteiger partial charge in [0.15, 0.2) is 0 Å². The van der Waals surface area contributed by atoms with Gasteiger partial charge < -0.3 is 14.8 Å². The van der Waals surface area contributed by atoms with Crippen LogP contribution in [0.5, 0.6) is 5.75 Å². The Morgan fingerprint density at radius 2 is 1.95 bits per heavy atom. The summed E-state index contributed by atoms with van der Waals surface area (Å²) in [6, 6.07) is 6.28. The fourth-order valence-electron chi connectivity index (χ4n) is 2.05. The lowest BCUT2D eigenvalue weighted by Gasteiger charge is -2.25. The number of rotatable bonds is 8. The predicted molar refractivity (Wildman–Crippen MR) is 79.7 cm³/mol. The van der Waals surface area contributed by atoms with E-state index in [0.717, 1.165) is 31.9 Å². The molecule has 0 aliphatic heterocycles. The number of hydrogen-bond donors (Lipinski definition) is 1. The highest BCUT2D eigenvalue weighted by molar-refractivity contribution is 5.36. The van der Waals surface area contributed by atoms with Crippen LogP contribution >= 0.6 is 0 Å². The standard InChI is InChI=1S/C16H27NO2/c1-13-6-7-15(19-5)14(10-13)11-17-12-16(2,3)8-9-18-4/h6-7,10,17H,8-9,11-12H2,1-5H3.